The summed E-state index contributed by atoms with van der Waals surface area (Å²) in [5, 5.41) is 2.61. The van der Waals surface area contributed by atoms with Crippen molar-refractivity contribution in [2.45, 2.75) is 40.2 Å². The first kappa shape index (κ1) is 20.4. The standard InChI is InChI=1S/C21H25NO5/c1-13(23)22-17(19(24)26-5)12-14-8-6-7-9-16-15(14)10-11-18(16)27-20(25)21(2,3)4/h6-11,17H,12H2,1-5H3,(H,22,23)/t17-/m0/s1. The minimum absolute atomic E-state index is 0.258. The molecule has 2 rings (SSSR count). The van der Waals surface area contributed by atoms with Crippen molar-refractivity contribution in [3.05, 3.63) is 42.0 Å². The number of fused-ring (bicyclic) bond motifs is 1. The van der Waals surface area contributed by atoms with Gasteiger partial charge in [0.05, 0.1) is 12.5 Å². The molecule has 0 aromatic rings. The number of ether oxygens (including phenoxy) is 2. The SMILES string of the molecule is COC(=O)[C@H](Cc1ccccc2c(OC(=O)C(C)(C)C)ccc1-2)NC(C)=O. The van der Waals surface area contributed by atoms with Crippen LogP contribution in [0.4, 0.5) is 0 Å². The summed E-state index contributed by atoms with van der Waals surface area (Å²) < 4.78 is 10.4. The summed E-state index contributed by atoms with van der Waals surface area (Å²) in [7, 11) is 1.28. The van der Waals surface area contributed by atoms with E-state index >= 15 is 0 Å². The highest BCUT2D eigenvalue weighted by Crippen LogP contribution is 2.37. The zero-order valence-corrected chi connectivity index (χ0v) is 16.3. The highest BCUT2D eigenvalue weighted by molar-refractivity contribution is 5.86. The van der Waals surface area contributed by atoms with Gasteiger partial charge in [0.15, 0.2) is 0 Å². The number of carbonyl (C=O) groups excluding carboxylic acids is 3. The molecule has 0 heterocycles. The van der Waals surface area contributed by atoms with Crippen LogP contribution in [0.1, 0.15) is 33.3 Å². The molecule has 6 nitrogen and oxygen atoms in total. The Hall–Kier alpha value is -2.89. The van der Waals surface area contributed by atoms with Crippen molar-refractivity contribution in [2.75, 3.05) is 7.11 Å². The normalized spacial score (nSPS) is 12.3. The fourth-order valence-electron chi connectivity index (χ4n) is 2.66. The van der Waals surface area contributed by atoms with Crippen molar-refractivity contribution in [3.8, 4) is 16.9 Å². The monoisotopic (exact) mass is 371 g/mol. The molecular weight excluding hydrogens is 346 g/mol. The van der Waals surface area contributed by atoms with Crippen molar-refractivity contribution in [1.82, 2.24) is 5.32 Å². The lowest BCUT2D eigenvalue weighted by molar-refractivity contribution is -0.144. The van der Waals surface area contributed by atoms with E-state index in [1.54, 1.807) is 26.8 Å². The zero-order chi connectivity index (χ0) is 20.2. The third kappa shape index (κ3) is 5.06. The Labute approximate surface area is 159 Å². The zero-order valence-electron chi connectivity index (χ0n) is 16.3. The Balaban J connectivity index is 2.35. The summed E-state index contributed by atoms with van der Waals surface area (Å²) >= 11 is 0. The van der Waals surface area contributed by atoms with Crippen LogP contribution in [0.3, 0.4) is 0 Å². The van der Waals surface area contributed by atoms with E-state index in [0.717, 1.165) is 16.7 Å². The highest BCUT2D eigenvalue weighted by atomic mass is 16.5. The van der Waals surface area contributed by atoms with Crippen molar-refractivity contribution in [2.24, 2.45) is 5.41 Å². The number of methoxy groups -OCH3 is 1. The van der Waals surface area contributed by atoms with Crippen LogP contribution in [0, 0.1) is 5.41 Å². The van der Waals surface area contributed by atoms with Crippen LogP contribution in [-0.2, 0) is 25.5 Å². The molecule has 1 atom stereocenters. The predicted molar refractivity (Wildman–Crippen MR) is 101 cm³/mol. The summed E-state index contributed by atoms with van der Waals surface area (Å²) in [6, 6.07) is 10.2. The maximum atomic E-state index is 12.2. The van der Waals surface area contributed by atoms with E-state index in [1.807, 2.05) is 30.3 Å². The van der Waals surface area contributed by atoms with Gasteiger partial charge in [0.2, 0.25) is 5.91 Å². The van der Waals surface area contributed by atoms with Crippen LogP contribution in [0.2, 0.25) is 0 Å². The van der Waals surface area contributed by atoms with Gasteiger partial charge in [0, 0.05) is 18.9 Å². The van der Waals surface area contributed by atoms with Crippen LogP contribution >= 0.6 is 0 Å². The molecule has 2 aliphatic carbocycles. The third-order valence-corrected chi connectivity index (χ3v) is 4.08. The average molecular weight is 371 g/mol. The van der Waals surface area contributed by atoms with E-state index in [0.29, 0.717) is 5.75 Å². The summed E-state index contributed by atoms with van der Waals surface area (Å²) in [6.45, 7) is 6.73. The minimum atomic E-state index is -0.798. The largest absolute Gasteiger partial charge is 0.467 e. The van der Waals surface area contributed by atoms with E-state index in [2.05, 4.69) is 5.32 Å². The Bertz CT molecular complexity index is 822. The Morgan fingerprint density at radius 2 is 1.70 bits per heavy atom. The summed E-state index contributed by atoms with van der Waals surface area (Å²) in [4.78, 5) is 35.7. The minimum Gasteiger partial charge on any atom is -0.467 e. The number of carbonyl (C=O) groups is 3. The van der Waals surface area contributed by atoms with E-state index in [-0.39, 0.29) is 18.3 Å². The average Bonchev–Trinajstić information content (AvgIpc) is 2.86. The van der Waals surface area contributed by atoms with Gasteiger partial charge in [0.1, 0.15) is 11.8 Å². The van der Waals surface area contributed by atoms with Gasteiger partial charge in [-0.3, -0.25) is 9.59 Å². The second-order valence-corrected chi connectivity index (χ2v) is 7.39. The number of hydrogen-bond donors (Lipinski definition) is 1. The number of rotatable bonds is 5. The first-order chi connectivity index (χ1) is 12.6. The van der Waals surface area contributed by atoms with Crippen molar-refractivity contribution in [3.63, 3.8) is 0 Å². The van der Waals surface area contributed by atoms with Crippen LogP contribution in [0.25, 0.3) is 11.1 Å². The van der Waals surface area contributed by atoms with E-state index in [1.165, 1.54) is 14.0 Å². The van der Waals surface area contributed by atoms with Gasteiger partial charge < -0.3 is 14.8 Å². The molecule has 0 aliphatic heterocycles. The Morgan fingerprint density at radius 1 is 1.04 bits per heavy atom. The third-order valence-electron chi connectivity index (χ3n) is 4.08. The van der Waals surface area contributed by atoms with Gasteiger partial charge in [-0.2, -0.15) is 0 Å². The van der Waals surface area contributed by atoms with Gasteiger partial charge >= 0.3 is 11.9 Å². The molecule has 2 aliphatic rings. The number of esters is 2. The first-order valence-corrected chi connectivity index (χ1v) is 8.71. The Kier molecular flexibility index (Phi) is 6.20. The predicted octanol–water partition coefficient (Wildman–Crippen LogP) is 2.96. The van der Waals surface area contributed by atoms with Gasteiger partial charge in [-0.05, 0) is 38.0 Å². The van der Waals surface area contributed by atoms with E-state index < -0.39 is 17.4 Å². The summed E-state index contributed by atoms with van der Waals surface area (Å²) in [5.74, 6) is -0.690. The van der Waals surface area contributed by atoms with Gasteiger partial charge in [0.25, 0.3) is 0 Å². The van der Waals surface area contributed by atoms with Crippen LogP contribution in [0.5, 0.6) is 5.75 Å². The lowest BCUT2D eigenvalue weighted by Gasteiger charge is -2.17. The number of amides is 1. The molecule has 1 amide bonds. The molecule has 0 radical (unpaired) electrons. The fraction of sp³-hybridized carbons (Fsp3) is 0.381. The van der Waals surface area contributed by atoms with Gasteiger partial charge in [-0.15, -0.1) is 0 Å². The molecule has 0 unspecified atom stereocenters. The molecule has 6 heteroatoms. The molecule has 0 fully saturated rings. The van der Waals surface area contributed by atoms with Crippen LogP contribution in [-0.4, -0.2) is 31.0 Å². The second-order valence-electron chi connectivity index (χ2n) is 7.39. The quantitative estimate of drug-likeness (QED) is 0.817. The molecule has 0 aromatic carbocycles. The molecule has 0 saturated heterocycles. The second kappa shape index (κ2) is 8.20. The highest BCUT2D eigenvalue weighted by Gasteiger charge is 2.27. The maximum Gasteiger partial charge on any atom is 0.328 e. The smallest absolute Gasteiger partial charge is 0.328 e. The summed E-state index contributed by atoms with van der Waals surface area (Å²) in [5.41, 5.74) is 1.82. The molecule has 0 aromatic heterocycles. The molecule has 0 saturated carbocycles. The lowest BCUT2D eigenvalue weighted by atomic mass is 9.97. The van der Waals surface area contributed by atoms with Gasteiger partial charge in [-0.1, -0.05) is 30.3 Å². The first-order valence-electron chi connectivity index (χ1n) is 8.71. The van der Waals surface area contributed by atoms with E-state index in [4.69, 9.17) is 9.47 Å². The molecule has 0 spiro atoms. The Morgan fingerprint density at radius 3 is 2.30 bits per heavy atom. The van der Waals surface area contributed by atoms with Crippen molar-refractivity contribution >= 4 is 17.8 Å². The molecule has 27 heavy (non-hydrogen) atoms. The van der Waals surface area contributed by atoms with Crippen molar-refractivity contribution < 1.29 is 23.9 Å². The van der Waals surface area contributed by atoms with Gasteiger partial charge in [-0.25, -0.2) is 4.79 Å². The van der Waals surface area contributed by atoms with Crippen molar-refractivity contribution in [1.29, 1.82) is 0 Å². The maximum absolute atomic E-state index is 12.2. The lowest BCUT2D eigenvalue weighted by Crippen LogP contribution is -2.42. The molecule has 0 bridgehead atoms. The van der Waals surface area contributed by atoms with Crippen LogP contribution in [0.15, 0.2) is 36.4 Å². The molecular formula is C21H25NO5. The fourth-order valence-corrected chi connectivity index (χ4v) is 2.66. The number of hydrogen-bond acceptors (Lipinski definition) is 5. The molecule has 144 valence electrons. The molecule has 1 N–H and O–H groups in total. The summed E-state index contributed by atoms with van der Waals surface area (Å²) in [6.07, 6.45) is 0.258. The van der Waals surface area contributed by atoms with Crippen LogP contribution < -0.4 is 10.1 Å². The van der Waals surface area contributed by atoms with E-state index in [9.17, 15) is 14.4 Å². The number of nitrogens with one attached hydrogen (secondary N) is 1. The topological polar surface area (TPSA) is 81.7 Å².